The van der Waals surface area contributed by atoms with E-state index in [1.807, 2.05) is 0 Å². The molecule has 0 aliphatic heterocycles. The number of ether oxygens (including phenoxy) is 1. The minimum atomic E-state index is -1.98. The Bertz CT molecular complexity index is 699. The number of carbonyl (C=O) groups is 2. The zero-order chi connectivity index (χ0) is 20.8. The standard InChI is InChI=1S/C18H28N2O6Si/c1-18(2,3)27(5,6)26-11-10-15(17(22)25-4)19-16(21)13-8-7-9-14(12-13)20(23)24/h7-9,12,15H,10-11H2,1-6H3,(H,19,21)/t15-/m0/s1. The summed E-state index contributed by atoms with van der Waals surface area (Å²) < 4.78 is 10.8. The summed E-state index contributed by atoms with van der Waals surface area (Å²) in [5.41, 5.74) is -0.0954. The van der Waals surface area contributed by atoms with E-state index in [2.05, 4.69) is 39.2 Å². The van der Waals surface area contributed by atoms with Crippen LogP contribution >= 0.6 is 0 Å². The summed E-state index contributed by atoms with van der Waals surface area (Å²) in [6, 6.07) is 4.42. The summed E-state index contributed by atoms with van der Waals surface area (Å²) in [5.74, 6) is -1.17. The van der Waals surface area contributed by atoms with Crippen molar-refractivity contribution in [1.82, 2.24) is 5.32 Å². The van der Waals surface area contributed by atoms with Crippen LogP contribution in [0.15, 0.2) is 24.3 Å². The van der Waals surface area contributed by atoms with Gasteiger partial charge in [-0.2, -0.15) is 0 Å². The molecular formula is C18H28N2O6Si. The van der Waals surface area contributed by atoms with Crippen LogP contribution in [-0.4, -0.2) is 44.9 Å². The molecule has 150 valence electrons. The summed E-state index contributed by atoms with van der Waals surface area (Å²) >= 11 is 0. The van der Waals surface area contributed by atoms with Crippen molar-refractivity contribution in [3.63, 3.8) is 0 Å². The lowest BCUT2D eigenvalue weighted by atomic mass is 10.1. The molecule has 0 unspecified atom stereocenters. The quantitative estimate of drug-likeness (QED) is 0.313. The van der Waals surface area contributed by atoms with Crippen molar-refractivity contribution < 1.29 is 23.7 Å². The third kappa shape index (κ3) is 6.44. The van der Waals surface area contributed by atoms with Gasteiger partial charge in [0.2, 0.25) is 0 Å². The van der Waals surface area contributed by atoms with Gasteiger partial charge in [-0.1, -0.05) is 26.8 Å². The van der Waals surface area contributed by atoms with Gasteiger partial charge in [-0.25, -0.2) is 4.79 Å². The Labute approximate surface area is 160 Å². The van der Waals surface area contributed by atoms with Gasteiger partial charge in [0.1, 0.15) is 6.04 Å². The molecule has 0 fully saturated rings. The lowest BCUT2D eigenvalue weighted by Crippen LogP contribution is -2.45. The van der Waals surface area contributed by atoms with E-state index in [0.29, 0.717) is 6.61 Å². The number of nitro benzene ring substituents is 1. The van der Waals surface area contributed by atoms with Crippen LogP contribution in [0.3, 0.4) is 0 Å². The van der Waals surface area contributed by atoms with Crippen molar-refractivity contribution >= 4 is 25.9 Å². The fraction of sp³-hybridized carbons (Fsp3) is 0.556. The third-order valence-corrected chi connectivity index (χ3v) is 9.32. The second-order valence-electron chi connectivity index (χ2n) is 7.75. The molecular weight excluding hydrogens is 368 g/mol. The molecule has 0 saturated carbocycles. The molecule has 1 amide bonds. The number of hydrogen-bond donors (Lipinski definition) is 1. The fourth-order valence-electron chi connectivity index (χ4n) is 2.04. The molecule has 0 aliphatic rings. The Morgan fingerprint density at radius 3 is 2.44 bits per heavy atom. The van der Waals surface area contributed by atoms with Gasteiger partial charge in [0.05, 0.1) is 12.0 Å². The maximum absolute atomic E-state index is 12.4. The molecule has 0 aromatic heterocycles. The zero-order valence-corrected chi connectivity index (χ0v) is 17.7. The minimum absolute atomic E-state index is 0.0278. The molecule has 0 bridgehead atoms. The van der Waals surface area contributed by atoms with E-state index in [1.165, 1.54) is 25.3 Å². The molecule has 27 heavy (non-hydrogen) atoms. The van der Waals surface area contributed by atoms with E-state index in [-0.39, 0.29) is 22.7 Å². The highest BCUT2D eigenvalue weighted by Crippen LogP contribution is 2.36. The van der Waals surface area contributed by atoms with Gasteiger partial charge in [-0.05, 0) is 24.2 Å². The lowest BCUT2D eigenvalue weighted by molar-refractivity contribution is -0.384. The van der Waals surface area contributed by atoms with Gasteiger partial charge in [0.25, 0.3) is 11.6 Å². The maximum atomic E-state index is 12.4. The fourth-order valence-corrected chi connectivity index (χ4v) is 3.10. The number of esters is 1. The summed E-state index contributed by atoms with van der Waals surface area (Å²) in [7, 11) is -0.741. The molecule has 0 saturated heterocycles. The van der Waals surface area contributed by atoms with Gasteiger partial charge < -0.3 is 14.5 Å². The van der Waals surface area contributed by atoms with E-state index < -0.39 is 31.2 Å². The summed E-state index contributed by atoms with van der Waals surface area (Å²) in [6.07, 6.45) is 0.250. The maximum Gasteiger partial charge on any atom is 0.328 e. The molecule has 0 spiro atoms. The number of benzene rings is 1. The number of methoxy groups -OCH3 is 1. The van der Waals surface area contributed by atoms with Crippen LogP contribution in [0.2, 0.25) is 18.1 Å². The van der Waals surface area contributed by atoms with Crippen LogP contribution in [0.1, 0.15) is 37.6 Å². The van der Waals surface area contributed by atoms with Gasteiger partial charge in [-0.3, -0.25) is 14.9 Å². The molecule has 1 N–H and O–H groups in total. The molecule has 0 heterocycles. The van der Waals surface area contributed by atoms with Gasteiger partial charge in [0.15, 0.2) is 8.32 Å². The van der Waals surface area contributed by atoms with Crippen LogP contribution in [0, 0.1) is 10.1 Å². The van der Waals surface area contributed by atoms with Crippen molar-refractivity contribution in [2.45, 2.75) is 51.4 Å². The number of non-ortho nitro benzene ring substituents is 1. The molecule has 1 aromatic rings. The van der Waals surface area contributed by atoms with Crippen molar-refractivity contribution in [1.29, 1.82) is 0 Å². The average Bonchev–Trinajstić information content (AvgIpc) is 2.59. The average molecular weight is 397 g/mol. The van der Waals surface area contributed by atoms with Crippen molar-refractivity contribution in [2.24, 2.45) is 0 Å². The van der Waals surface area contributed by atoms with Crippen molar-refractivity contribution in [3.8, 4) is 0 Å². The SMILES string of the molecule is COC(=O)[C@H](CCO[Si](C)(C)C(C)(C)C)NC(=O)c1cccc([N+](=O)[O-])c1. The number of amides is 1. The summed E-state index contributed by atoms with van der Waals surface area (Å²) in [5, 5.41) is 13.5. The number of carbonyl (C=O) groups excluding carboxylic acids is 2. The Kier molecular flexibility index (Phi) is 7.67. The molecule has 0 radical (unpaired) electrons. The first-order valence-corrected chi connectivity index (χ1v) is 11.6. The largest absolute Gasteiger partial charge is 0.467 e. The Hall–Kier alpha value is -2.26. The van der Waals surface area contributed by atoms with E-state index in [4.69, 9.17) is 9.16 Å². The van der Waals surface area contributed by atoms with Crippen molar-refractivity contribution in [2.75, 3.05) is 13.7 Å². The topological polar surface area (TPSA) is 108 Å². The molecule has 1 atom stereocenters. The highest BCUT2D eigenvalue weighted by molar-refractivity contribution is 6.74. The second kappa shape index (κ2) is 9.09. The highest BCUT2D eigenvalue weighted by atomic mass is 28.4. The predicted molar refractivity (Wildman–Crippen MR) is 104 cm³/mol. The minimum Gasteiger partial charge on any atom is -0.467 e. The number of hydrogen-bond acceptors (Lipinski definition) is 6. The second-order valence-corrected chi connectivity index (χ2v) is 12.6. The molecule has 8 nitrogen and oxygen atoms in total. The van der Waals surface area contributed by atoms with Crippen molar-refractivity contribution in [3.05, 3.63) is 39.9 Å². The zero-order valence-electron chi connectivity index (χ0n) is 16.7. The van der Waals surface area contributed by atoms with E-state index >= 15 is 0 Å². The Morgan fingerprint density at radius 1 is 1.30 bits per heavy atom. The number of nitrogens with one attached hydrogen (secondary N) is 1. The smallest absolute Gasteiger partial charge is 0.328 e. The lowest BCUT2D eigenvalue weighted by Gasteiger charge is -2.36. The number of rotatable bonds is 8. The predicted octanol–water partition coefficient (Wildman–Crippen LogP) is 3.28. The Morgan fingerprint density at radius 2 is 1.93 bits per heavy atom. The van der Waals surface area contributed by atoms with E-state index in [0.717, 1.165) is 6.07 Å². The van der Waals surface area contributed by atoms with Gasteiger partial charge in [-0.15, -0.1) is 0 Å². The van der Waals surface area contributed by atoms with Crippen LogP contribution in [0.5, 0.6) is 0 Å². The van der Waals surface area contributed by atoms with Crippen LogP contribution < -0.4 is 5.32 Å². The highest BCUT2D eigenvalue weighted by Gasteiger charge is 2.37. The van der Waals surface area contributed by atoms with E-state index in [9.17, 15) is 19.7 Å². The van der Waals surface area contributed by atoms with Crippen LogP contribution in [0.25, 0.3) is 0 Å². The summed E-state index contributed by atoms with van der Waals surface area (Å²) in [6.45, 7) is 10.8. The third-order valence-electron chi connectivity index (χ3n) is 4.79. The first-order chi connectivity index (χ1) is 12.4. The van der Waals surface area contributed by atoms with Gasteiger partial charge >= 0.3 is 5.97 Å². The number of nitro groups is 1. The molecule has 9 heteroatoms. The van der Waals surface area contributed by atoms with Crippen LogP contribution in [-0.2, 0) is 14.0 Å². The summed E-state index contributed by atoms with van der Waals surface area (Å²) in [4.78, 5) is 34.7. The molecule has 0 aliphatic carbocycles. The Balaban J connectivity index is 2.81. The monoisotopic (exact) mass is 396 g/mol. The van der Waals surface area contributed by atoms with Gasteiger partial charge in [0, 0.05) is 30.7 Å². The molecule has 1 rings (SSSR count). The number of nitrogens with zero attached hydrogens (tertiary/aromatic N) is 1. The first-order valence-electron chi connectivity index (χ1n) is 8.66. The molecule has 1 aromatic carbocycles. The van der Waals surface area contributed by atoms with Crippen LogP contribution in [0.4, 0.5) is 5.69 Å². The van der Waals surface area contributed by atoms with E-state index in [1.54, 1.807) is 0 Å². The normalized spacial score (nSPS) is 13.0. The first kappa shape index (κ1) is 22.8.